The monoisotopic (exact) mass is 436 g/mol. The second-order valence-corrected chi connectivity index (χ2v) is 8.93. The second-order valence-electron chi connectivity index (χ2n) is 8.93. The Kier molecular flexibility index (Phi) is 8.83. The molecule has 2 N–H and O–H groups in total. The van der Waals surface area contributed by atoms with Crippen molar-refractivity contribution in [2.45, 2.75) is 77.4 Å². The molecule has 1 aliphatic carbocycles. The molecule has 1 aromatic rings. The van der Waals surface area contributed by atoms with Crippen LogP contribution in [0.5, 0.6) is 0 Å². The van der Waals surface area contributed by atoms with E-state index in [1.54, 1.807) is 26.8 Å². The molecule has 1 atom stereocenters. The summed E-state index contributed by atoms with van der Waals surface area (Å²) >= 11 is 0. The Labute approximate surface area is 183 Å². The molecule has 0 aromatic heterocycles. The number of benzene rings is 1. The van der Waals surface area contributed by atoms with Crippen LogP contribution in [0.25, 0.3) is 0 Å². The maximum atomic E-state index is 14.5. The summed E-state index contributed by atoms with van der Waals surface area (Å²) in [6.07, 6.45) is 4.99. The third-order valence-corrected chi connectivity index (χ3v) is 5.19. The number of ether oxygens (including phenoxy) is 2. The smallest absolute Gasteiger partial charge is 0.408 e. The van der Waals surface area contributed by atoms with Crippen molar-refractivity contribution in [3.63, 3.8) is 0 Å². The van der Waals surface area contributed by atoms with Gasteiger partial charge >= 0.3 is 12.1 Å². The van der Waals surface area contributed by atoms with Gasteiger partial charge in [-0.25, -0.2) is 9.18 Å². The van der Waals surface area contributed by atoms with E-state index in [0.29, 0.717) is 5.56 Å². The summed E-state index contributed by atoms with van der Waals surface area (Å²) in [5, 5.41) is 5.29. The van der Waals surface area contributed by atoms with Crippen molar-refractivity contribution in [3.8, 4) is 0 Å². The van der Waals surface area contributed by atoms with Crippen LogP contribution in [0.4, 0.5) is 14.9 Å². The van der Waals surface area contributed by atoms with Gasteiger partial charge in [0, 0.05) is 0 Å². The third kappa shape index (κ3) is 8.19. The van der Waals surface area contributed by atoms with Crippen LogP contribution in [0.1, 0.15) is 64.9 Å². The first-order chi connectivity index (χ1) is 14.6. The highest BCUT2D eigenvalue weighted by Gasteiger charge is 2.32. The number of alkyl carbamates (subject to hydrolysis) is 1. The van der Waals surface area contributed by atoms with Crippen molar-refractivity contribution >= 4 is 23.7 Å². The maximum Gasteiger partial charge on any atom is 0.408 e. The maximum absolute atomic E-state index is 14.5. The molecule has 2 amide bonds. The van der Waals surface area contributed by atoms with Gasteiger partial charge in [-0.3, -0.25) is 9.59 Å². The largest absolute Gasteiger partial charge is 0.469 e. The van der Waals surface area contributed by atoms with Gasteiger partial charge in [0.1, 0.15) is 17.5 Å². The molecule has 1 unspecified atom stereocenters. The van der Waals surface area contributed by atoms with Crippen LogP contribution in [0, 0.1) is 11.7 Å². The Morgan fingerprint density at radius 3 is 2.32 bits per heavy atom. The lowest BCUT2D eigenvalue weighted by molar-refractivity contribution is -0.139. The zero-order valence-electron chi connectivity index (χ0n) is 18.8. The second kappa shape index (κ2) is 11.1. The van der Waals surface area contributed by atoms with Crippen LogP contribution in [0.3, 0.4) is 0 Å². The van der Waals surface area contributed by atoms with E-state index < -0.39 is 35.4 Å². The minimum absolute atomic E-state index is 0.0109. The average Bonchev–Trinajstić information content (AvgIpc) is 2.96. The fourth-order valence-electron chi connectivity index (χ4n) is 3.70. The number of nitrogens with one attached hydrogen (secondary N) is 2. The minimum Gasteiger partial charge on any atom is -0.469 e. The number of rotatable bonds is 6. The van der Waals surface area contributed by atoms with Gasteiger partial charge in [-0.2, -0.15) is 0 Å². The number of carbonyl (C=O) groups excluding carboxylic acids is 3. The Hall–Kier alpha value is -2.64. The van der Waals surface area contributed by atoms with Gasteiger partial charge < -0.3 is 20.1 Å². The normalized spacial score (nSPS) is 16.0. The molecule has 31 heavy (non-hydrogen) atoms. The van der Waals surface area contributed by atoms with E-state index in [4.69, 9.17) is 4.74 Å². The van der Waals surface area contributed by atoms with Crippen molar-refractivity contribution in [2.75, 3.05) is 12.4 Å². The summed E-state index contributed by atoms with van der Waals surface area (Å²) in [5.74, 6) is -1.69. The van der Waals surface area contributed by atoms with E-state index in [1.165, 1.54) is 19.2 Å². The van der Waals surface area contributed by atoms with Crippen molar-refractivity contribution in [3.05, 3.63) is 29.6 Å². The average molecular weight is 437 g/mol. The molecule has 0 spiro atoms. The van der Waals surface area contributed by atoms with Gasteiger partial charge in [-0.1, -0.05) is 31.7 Å². The molecule has 1 saturated carbocycles. The summed E-state index contributed by atoms with van der Waals surface area (Å²) in [6.45, 7) is 5.25. The van der Waals surface area contributed by atoms with Gasteiger partial charge in [-0.15, -0.1) is 0 Å². The molecular weight excluding hydrogens is 403 g/mol. The molecule has 1 fully saturated rings. The van der Waals surface area contributed by atoms with Crippen LogP contribution < -0.4 is 10.6 Å². The number of esters is 1. The lowest BCUT2D eigenvalue weighted by Gasteiger charge is -2.28. The summed E-state index contributed by atoms with van der Waals surface area (Å²) in [7, 11) is 1.26. The number of hydrogen-bond acceptors (Lipinski definition) is 5. The molecule has 172 valence electrons. The fourth-order valence-corrected chi connectivity index (χ4v) is 3.70. The summed E-state index contributed by atoms with van der Waals surface area (Å²) in [6, 6.07) is 3.32. The van der Waals surface area contributed by atoms with E-state index >= 15 is 0 Å². The zero-order chi connectivity index (χ0) is 23.0. The van der Waals surface area contributed by atoms with E-state index in [2.05, 4.69) is 15.4 Å². The van der Waals surface area contributed by atoms with E-state index in [1.807, 2.05) is 0 Å². The molecule has 0 aliphatic heterocycles. The summed E-state index contributed by atoms with van der Waals surface area (Å²) in [4.78, 5) is 36.8. The van der Waals surface area contributed by atoms with E-state index in [9.17, 15) is 18.8 Å². The Morgan fingerprint density at radius 2 is 1.77 bits per heavy atom. The SMILES string of the molecule is COC(=O)Cc1ccc(NC(=O)C(NC(=O)OC(C)(C)C)C2CCCCCC2)c(F)c1. The van der Waals surface area contributed by atoms with E-state index in [0.717, 1.165) is 38.5 Å². The molecular formula is C23H33FN2O5. The Morgan fingerprint density at radius 1 is 1.13 bits per heavy atom. The topological polar surface area (TPSA) is 93.7 Å². The van der Waals surface area contributed by atoms with Gasteiger partial charge in [-0.05, 0) is 57.2 Å². The van der Waals surface area contributed by atoms with Crippen molar-refractivity contribution in [1.29, 1.82) is 0 Å². The number of amides is 2. The van der Waals surface area contributed by atoms with Crippen LogP contribution in [0.15, 0.2) is 18.2 Å². The molecule has 7 nitrogen and oxygen atoms in total. The first-order valence-corrected chi connectivity index (χ1v) is 10.7. The number of methoxy groups -OCH3 is 1. The molecule has 0 saturated heterocycles. The molecule has 8 heteroatoms. The van der Waals surface area contributed by atoms with Crippen LogP contribution >= 0.6 is 0 Å². The minimum atomic E-state index is -0.831. The summed E-state index contributed by atoms with van der Waals surface area (Å²) in [5.41, 5.74) is -0.270. The number of halogens is 1. The molecule has 0 bridgehead atoms. The molecule has 2 rings (SSSR count). The number of hydrogen-bond donors (Lipinski definition) is 2. The van der Waals surface area contributed by atoms with Crippen molar-refractivity contribution in [2.24, 2.45) is 5.92 Å². The van der Waals surface area contributed by atoms with Gasteiger partial charge in [0.15, 0.2) is 0 Å². The molecule has 1 aliphatic rings. The van der Waals surface area contributed by atoms with Gasteiger partial charge in [0.2, 0.25) is 5.91 Å². The highest BCUT2D eigenvalue weighted by molar-refractivity contribution is 5.97. The van der Waals surface area contributed by atoms with E-state index in [-0.39, 0.29) is 18.0 Å². The third-order valence-electron chi connectivity index (χ3n) is 5.19. The predicted octanol–water partition coefficient (Wildman–Crippen LogP) is 4.34. The standard InChI is InChI=1S/C23H33FN2O5/c1-23(2,3)31-22(29)26-20(16-9-7-5-6-8-10-16)21(28)25-18-12-11-15(13-17(18)24)14-19(27)30-4/h11-13,16,20H,5-10,14H2,1-4H3,(H,25,28)(H,26,29). The van der Waals surface area contributed by atoms with Gasteiger partial charge in [0.05, 0.1) is 19.2 Å². The zero-order valence-corrected chi connectivity index (χ0v) is 18.8. The number of carbonyl (C=O) groups is 3. The lowest BCUT2D eigenvalue weighted by atomic mass is 9.91. The van der Waals surface area contributed by atoms with Crippen LogP contribution in [-0.2, 0) is 25.5 Å². The first-order valence-electron chi connectivity index (χ1n) is 10.7. The van der Waals surface area contributed by atoms with Crippen LogP contribution in [0.2, 0.25) is 0 Å². The quantitative estimate of drug-likeness (QED) is 0.511. The highest BCUT2D eigenvalue weighted by Crippen LogP contribution is 2.27. The highest BCUT2D eigenvalue weighted by atomic mass is 19.1. The Balaban J connectivity index is 2.16. The number of anilines is 1. The van der Waals surface area contributed by atoms with Gasteiger partial charge in [0.25, 0.3) is 0 Å². The Bertz CT molecular complexity index is 783. The molecule has 1 aromatic carbocycles. The predicted molar refractivity (Wildman–Crippen MR) is 115 cm³/mol. The lowest BCUT2D eigenvalue weighted by Crippen LogP contribution is -2.50. The van der Waals surface area contributed by atoms with Crippen molar-refractivity contribution in [1.82, 2.24) is 5.32 Å². The van der Waals surface area contributed by atoms with Crippen molar-refractivity contribution < 1.29 is 28.2 Å². The first kappa shape index (κ1) is 24.6. The van der Waals surface area contributed by atoms with Crippen LogP contribution in [-0.4, -0.2) is 36.7 Å². The molecule has 0 heterocycles. The molecule has 0 radical (unpaired) electrons. The summed E-state index contributed by atoms with van der Waals surface area (Å²) < 4.78 is 24.5. The fraction of sp³-hybridized carbons (Fsp3) is 0.609.